The van der Waals surface area contributed by atoms with E-state index in [1.54, 1.807) is 30.3 Å². The van der Waals surface area contributed by atoms with Gasteiger partial charge in [-0.1, -0.05) is 55.8 Å². The van der Waals surface area contributed by atoms with Gasteiger partial charge in [-0.3, -0.25) is 4.79 Å². The molecule has 0 aliphatic carbocycles. The number of carbonyl (C=O) groups excluding carboxylic acids is 2. The minimum absolute atomic E-state index is 0.0180. The number of para-hydroxylation sites is 1. The zero-order valence-corrected chi connectivity index (χ0v) is 23.6. The van der Waals surface area contributed by atoms with Crippen LogP contribution in [-0.2, 0) is 27.8 Å². The maximum Gasteiger partial charge on any atom is 0.573 e. The Kier molecular flexibility index (Phi) is 9.74. The fraction of sp³-hybridized carbons (Fsp3) is 0.310. The van der Waals surface area contributed by atoms with Gasteiger partial charge in [-0.05, 0) is 53.9 Å². The van der Waals surface area contributed by atoms with Crippen LogP contribution in [0.5, 0.6) is 5.75 Å². The molecule has 0 bridgehead atoms. The first-order valence-corrected chi connectivity index (χ1v) is 14.7. The van der Waals surface area contributed by atoms with Crippen LogP contribution in [0.1, 0.15) is 24.5 Å². The lowest BCUT2D eigenvalue weighted by molar-refractivity contribution is -0.274. The van der Waals surface area contributed by atoms with Gasteiger partial charge in [0.2, 0.25) is 15.9 Å². The number of aryl methyl sites for hydroxylation is 1. The number of alkyl halides is 3. The number of nitrogens with zero attached hydrogens (tertiary/aromatic N) is 2. The van der Waals surface area contributed by atoms with Crippen LogP contribution < -0.4 is 15.4 Å². The molecular formula is C29H31F3N4O5S. The lowest BCUT2D eigenvalue weighted by atomic mass is 10.1. The second-order valence-electron chi connectivity index (χ2n) is 9.68. The summed E-state index contributed by atoms with van der Waals surface area (Å²) in [6, 6.07) is 18.3. The maximum absolute atomic E-state index is 13.6. The van der Waals surface area contributed by atoms with Crippen LogP contribution in [0.15, 0.2) is 83.8 Å². The van der Waals surface area contributed by atoms with Gasteiger partial charge in [-0.25, -0.2) is 13.2 Å². The molecule has 0 spiro atoms. The zero-order valence-electron chi connectivity index (χ0n) is 22.8. The van der Waals surface area contributed by atoms with Gasteiger partial charge in [-0.2, -0.15) is 4.31 Å². The van der Waals surface area contributed by atoms with E-state index < -0.39 is 40.1 Å². The molecule has 1 saturated heterocycles. The molecule has 4 rings (SSSR count). The molecule has 1 heterocycles. The highest BCUT2D eigenvalue weighted by molar-refractivity contribution is 7.89. The highest BCUT2D eigenvalue weighted by atomic mass is 32.2. The maximum atomic E-state index is 13.6. The number of ether oxygens (including phenoxy) is 1. The quantitative estimate of drug-likeness (QED) is 0.366. The minimum atomic E-state index is -4.93. The summed E-state index contributed by atoms with van der Waals surface area (Å²) in [7, 11) is -4.34. The van der Waals surface area contributed by atoms with E-state index in [1.807, 2.05) is 24.3 Å². The Morgan fingerprint density at radius 3 is 2.19 bits per heavy atom. The van der Waals surface area contributed by atoms with Crippen molar-refractivity contribution >= 4 is 27.6 Å². The normalized spacial score (nSPS) is 16.1. The summed E-state index contributed by atoms with van der Waals surface area (Å²) in [6.45, 7) is 1.74. The highest BCUT2D eigenvalue weighted by Gasteiger charge is 2.41. The summed E-state index contributed by atoms with van der Waals surface area (Å²) in [5, 5.41) is 5.51. The molecule has 3 aromatic carbocycles. The molecule has 0 aromatic heterocycles. The lowest BCUT2D eigenvalue weighted by Gasteiger charge is -2.39. The first-order chi connectivity index (χ1) is 20.0. The summed E-state index contributed by atoms with van der Waals surface area (Å²) in [5.74, 6) is -1.20. The molecule has 224 valence electrons. The number of nitrogens with one attached hydrogen (secondary N) is 2. The molecule has 1 aliphatic heterocycles. The Labute approximate surface area is 242 Å². The predicted octanol–water partition coefficient (Wildman–Crippen LogP) is 4.76. The number of urea groups is 1. The molecule has 1 aliphatic rings. The fourth-order valence-corrected chi connectivity index (χ4v) is 6.11. The highest BCUT2D eigenvalue weighted by Crippen LogP contribution is 2.27. The van der Waals surface area contributed by atoms with Crippen LogP contribution in [0.4, 0.5) is 23.7 Å². The van der Waals surface area contributed by atoms with Gasteiger partial charge in [0.05, 0.1) is 4.90 Å². The van der Waals surface area contributed by atoms with Gasteiger partial charge in [0.25, 0.3) is 0 Å². The molecule has 0 radical (unpaired) electrons. The number of hydrogen-bond donors (Lipinski definition) is 2. The molecule has 13 heteroatoms. The Morgan fingerprint density at radius 2 is 1.57 bits per heavy atom. The molecule has 3 amide bonds. The topological polar surface area (TPSA) is 108 Å². The summed E-state index contributed by atoms with van der Waals surface area (Å²) >= 11 is 0. The third-order valence-electron chi connectivity index (χ3n) is 6.64. The van der Waals surface area contributed by atoms with Crippen molar-refractivity contribution in [3.05, 3.63) is 90.0 Å². The lowest BCUT2D eigenvalue weighted by Crippen LogP contribution is -2.61. The Balaban J connectivity index is 1.54. The van der Waals surface area contributed by atoms with E-state index >= 15 is 0 Å². The van der Waals surface area contributed by atoms with Crippen molar-refractivity contribution in [2.24, 2.45) is 0 Å². The van der Waals surface area contributed by atoms with E-state index in [9.17, 15) is 31.2 Å². The molecule has 2 N–H and O–H groups in total. The average molecular weight is 605 g/mol. The number of hydrogen-bond acceptors (Lipinski definition) is 5. The molecular weight excluding hydrogens is 573 g/mol. The number of amides is 3. The molecule has 42 heavy (non-hydrogen) atoms. The molecule has 0 saturated carbocycles. The van der Waals surface area contributed by atoms with E-state index in [0.717, 1.165) is 52.5 Å². The van der Waals surface area contributed by atoms with Crippen LogP contribution >= 0.6 is 0 Å². The summed E-state index contributed by atoms with van der Waals surface area (Å²) in [5.41, 5.74) is 2.50. The van der Waals surface area contributed by atoms with Crippen molar-refractivity contribution in [3.8, 4) is 5.75 Å². The zero-order chi connectivity index (χ0) is 30.3. The van der Waals surface area contributed by atoms with E-state index in [2.05, 4.69) is 22.3 Å². The fourth-order valence-electron chi connectivity index (χ4n) is 4.54. The van der Waals surface area contributed by atoms with E-state index in [4.69, 9.17) is 0 Å². The van der Waals surface area contributed by atoms with Crippen molar-refractivity contribution in [2.75, 3.05) is 25.0 Å². The molecule has 0 unspecified atom stereocenters. The SMILES string of the molecule is CCCc1ccc(CNC(=O)[C@H]2CN(C(=O)Nc3ccccc3)CCN2S(=O)(=O)c2ccc(OC(F)(F)F)cc2)cc1. The largest absolute Gasteiger partial charge is 0.573 e. The number of rotatable bonds is 9. The first-order valence-electron chi connectivity index (χ1n) is 13.3. The first kappa shape index (κ1) is 30.8. The predicted molar refractivity (Wildman–Crippen MR) is 150 cm³/mol. The van der Waals surface area contributed by atoms with Crippen LogP contribution in [0.3, 0.4) is 0 Å². The third kappa shape index (κ3) is 8.01. The van der Waals surface area contributed by atoms with Crippen LogP contribution in [0.25, 0.3) is 0 Å². The van der Waals surface area contributed by atoms with Crippen LogP contribution in [-0.4, -0.2) is 61.6 Å². The molecule has 1 atom stereocenters. The average Bonchev–Trinajstić information content (AvgIpc) is 2.96. The van der Waals surface area contributed by atoms with E-state index in [1.165, 1.54) is 4.90 Å². The van der Waals surface area contributed by atoms with Gasteiger partial charge in [0, 0.05) is 31.9 Å². The molecule has 1 fully saturated rings. The Bertz CT molecular complexity index is 1470. The van der Waals surface area contributed by atoms with Crippen LogP contribution in [0.2, 0.25) is 0 Å². The number of sulfonamides is 1. The monoisotopic (exact) mass is 604 g/mol. The number of carbonyl (C=O) groups is 2. The summed E-state index contributed by atoms with van der Waals surface area (Å²) < 4.78 is 69.7. The number of anilines is 1. The number of benzene rings is 3. The van der Waals surface area contributed by atoms with E-state index in [-0.39, 0.29) is 31.1 Å². The van der Waals surface area contributed by atoms with Crippen molar-refractivity contribution in [3.63, 3.8) is 0 Å². The smallest absolute Gasteiger partial charge is 0.406 e. The molecule has 9 nitrogen and oxygen atoms in total. The van der Waals surface area contributed by atoms with Crippen LogP contribution in [0, 0.1) is 0 Å². The van der Waals surface area contributed by atoms with Crippen molar-refractivity contribution in [1.82, 2.24) is 14.5 Å². The third-order valence-corrected chi connectivity index (χ3v) is 8.56. The van der Waals surface area contributed by atoms with Gasteiger partial charge in [0.1, 0.15) is 11.8 Å². The molecule has 3 aromatic rings. The van der Waals surface area contributed by atoms with Gasteiger partial charge in [-0.15, -0.1) is 13.2 Å². The second-order valence-corrected chi connectivity index (χ2v) is 11.6. The van der Waals surface area contributed by atoms with Crippen molar-refractivity contribution in [2.45, 2.75) is 43.6 Å². The minimum Gasteiger partial charge on any atom is -0.406 e. The Hall–Kier alpha value is -4.10. The Morgan fingerprint density at radius 1 is 0.929 bits per heavy atom. The van der Waals surface area contributed by atoms with Gasteiger partial charge in [0.15, 0.2) is 0 Å². The van der Waals surface area contributed by atoms with Gasteiger partial charge >= 0.3 is 12.4 Å². The number of halogens is 3. The number of piperazine rings is 1. The standard InChI is InChI=1S/C29H31F3N4O5S/c1-2-6-21-9-11-22(12-10-21)19-33-27(37)26-20-35(28(38)34-23-7-4-3-5-8-23)17-18-36(26)42(39,40)25-15-13-24(14-16-25)41-29(30,31)32/h3-5,7-16,26H,2,6,17-20H2,1H3,(H,33,37)(H,34,38)/t26-/m1/s1. The van der Waals surface area contributed by atoms with Crippen molar-refractivity contribution in [1.29, 1.82) is 0 Å². The second kappa shape index (κ2) is 13.3. The van der Waals surface area contributed by atoms with Gasteiger partial charge < -0.3 is 20.3 Å². The summed E-state index contributed by atoms with van der Waals surface area (Å²) in [6.07, 6.45) is -3.02. The summed E-state index contributed by atoms with van der Waals surface area (Å²) in [4.78, 5) is 27.5. The van der Waals surface area contributed by atoms with Crippen molar-refractivity contribution < 1.29 is 35.9 Å². The van der Waals surface area contributed by atoms with E-state index in [0.29, 0.717) is 5.69 Å².